The molecule has 4 aromatic rings. The Morgan fingerprint density at radius 1 is 1.17 bits per heavy atom. The van der Waals surface area contributed by atoms with E-state index in [-0.39, 0.29) is 18.7 Å². The Morgan fingerprint density at radius 2 is 2.05 bits per heavy atom. The van der Waals surface area contributed by atoms with Crippen molar-refractivity contribution >= 4 is 34.2 Å². The number of halogens is 2. The van der Waals surface area contributed by atoms with Crippen LogP contribution in [0.4, 0.5) is 4.39 Å². The second kappa shape index (κ2) is 12.0. The summed E-state index contributed by atoms with van der Waals surface area (Å²) in [5.41, 5.74) is 3.78. The molecule has 0 spiro atoms. The number of benzene rings is 2. The van der Waals surface area contributed by atoms with Gasteiger partial charge in [0.05, 0.1) is 36.4 Å². The van der Waals surface area contributed by atoms with Crippen molar-refractivity contribution in [1.29, 1.82) is 0 Å². The number of rotatable bonds is 9. The highest BCUT2D eigenvalue weighted by molar-refractivity contribution is 6.30. The van der Waals surface area contributed by atoms with Crippen molar-refractivity contribution in [1.82, 2.24) is 19.5 Å². The van der Waals surface area contributed by atoms with Gasteiger partial charge in [0.15, 0.2) is 5.82 Å². The second-order valence-corrected chi connectivity index (χ2v) is 10.9. The van der Waals surface area contributed by atoms with Crippen molar-refractivity contribution in [3.05, 3.63) is 88.4 Å². The SMILES string of the molecule is COC(=O)c1ccc2nc(CC3CC=C(c4nccc(OCc5ccc(Cl)cc5F)n4)CC3)n(C[C@@H]3CCO3)c2c1. The summed E-state index contributed by atoms with van der Waals surface area (Å²) >= 11 is 5.84. The quantitative estimate of drug-likeness (QED) is 0.219. The van der Waals surface area contributed by atoms with E-state index in [1.807, 2.05) is 12.1 Å². The molecule has 10 heteroatoms. The van der Waals surface area contributed by atoms with E-state index in [1.165, 1.54) is 13.2 Å². The minimum Gasteiger partial charge on any atom is -0.473 e. The number of aromatic nitrogens is 4. The Kier molecular flexibility index (Phi) is 7.98. The first-order valence-corrected chi connectivity index (χ1v) is 14.1. The number of methoxy groups -OCH3 is 1. The zero-order valence-electron chi connectivity index (χ0n) is 22.7. The van der Waals surface area contributed by atoms with Crippen LogP contribution >= 0.6 is 11.6 Å². The molecule has 2 atom stereocenters. The Hall–Kier alpha value is -3.82. The smallest absolute Gasteiger partial charge is 0.337 e. The van der Waals surface area contributed by atoms with Gasteiger partial charge in [-0.2, -0.15) is 4.98 Å². The van der Waals surface area contributed by atoms with Gasteiger partial charge >= 0.3 is 5.97 Å². The predicted octanol–water partition coefficient (Wildman–Crippen LogP) is 6.20. The number of carbonyl (C=O) groups is 1. The van der Waals surface area contributed by atoms with Gasteiger partial charge in [-0.05, 0) is 67.5 Å². The third-order valence-electron chi connectivity index (χ3n) is 7.73. The molecule has 2 aromatic heterocycles. The van der Waals surface area contributed by atoms with Gasteiger partial charge in [0.2, 0.25) is 5.88 Å². The number of imidazole rings is 1. The lowest BCUT2D eigenvalue weighted by Crippen LogP contribution is -2.32. The first-order chi connectivity index (χ1) is 20.0. The van der Waals surface area contributed by atoms with Crippen LogP contribution in [0.25, 0.3) is 16.6 Å². The molecule has 3 heterocycles. The average Bonchev–Trinajstić information content (AvgIpc) is 3.30. The van der Waals surface area contributed by atoms with Gasteiger partial charge in [0.1, 0.15) is 18.2 Å². The molecule has 212 valence electrons. The number of ether oxygens (including phenoxy) is 3. The maximum absolute atomic E-state index is 14.1. The fourth-order valence-electron chi connectivity index (χ4n) is 5.31. The number of hydrogen-bond donors (Lipinski definition) is 0. The van der Waals surface area contributed by atoms with Crippen LogP contribution in [-0.4, -0.2) is 45.3 Å². The minimum atomic E-state index is -0.412. The lowest BCUT2D eigenvalue weighted by Gasteiger charge is -2.28. The van der Waals surface area contributed by atoms with Gasteiger partial charge in [0.25, 0.3) is 0 Å². The van der Waals surface area contributed by atoms with Crippen LogP contribution < -0.4 is 4.74 Å². The molecule has 1 saturated heterocycles. The van der Waals surface area contributed by atoms with E-state index in [0.29, 0.717) is 40.3 Å². The summed E-state index contributed by atoms with van der Waals surface area (Å²) in [6.07, 6.45) is 8.52. The summed E-state index contributed by atoms with van der Waals surface area (Å²) in [5.74, 6) is 1.66. The van der Waals surface area contributed by atoms with E-state index in [9.17, 15) is 9.18 Å². The van der Waals surface area contributed by atoms with Crippen molar-refractivity contribution in [2.75, 3.05) is 13.7 Å². The molecule has 0 amide bonds. The number of allylic oxidation sites excluding steroid dienone is 2. The highest BCUT2D eigenvalue weighted by atomic mass is 35.5. The van der Waals surface area contributed by atoms with E-state index in [1.54, 1.807) is 30.5 Å². The minimum absolute atomic E-state index is 0.0502. The van der Waals surface area contributed by atoms with Gasteiger partial charge in [-0.15, -0.1) is 0 Å². The average molecular weight is 577 g/mol. The number of nitrogens with zero attached hydrogens (tertiary/aromatic N) is 4. The molecule has 1 unspecified atom stereocenters. The fraction of sp³-hybridized carbons (Fsp3) is 0.355. The second-order valence-electron chi connectivity index (χ2n) is 10.4. The van der Waals surface area contributed by atoms with E-state index < -0.39 is 5.82 Å². The summed E-state index contributed by atoms with van der Waals surface area (Å²) in [6, 6.07) is 11.7. The number of esters is 1. The highest BCUT2D eigenvalue weighted by Crippen LogP contribution is 2.32. The summed E-state index contributed by atoms with van der Waals surface area (Å²) in [4.78, 5) is 26.1. The molecule has 0 bridgehead atoms. The summed E-state index contributed by atoms with van der Waals surface area (Å²) in [6.45, 7) is 1.54. The molecule has 2 aromatic carbocycles. The molecule has 8 nitrogen and oxygen atoms in total. The summed E-state index contributed by atoms with van der Waals surface area (Å²) < 4.78 is 32.7. The topological polar surface area (TPSA) is 88.4 Å². The molecular formula is C31H30ClFN4O4. The van der Waals surface area contributed by atoms with Crippen LogP contribution in [-0.2, 0) is 29.0 Å². The lowest BCUT2D eigenvalue weighted by atomic mass is 9.87. The van der Waals surface area contributed by atoms with Gasteiger partial charge < -0.3 is 18.8 Å². The van der Waals surface area contributed by atoms with Crippen LogP contribution in [0.15, 0.2) is 54.7 Å². The number of fused-ring (bicyclic) bond motifs is 1. The molecule has 41 heavy (non-hydrogen) atoms. The molecule has 2 aliphatic rings. The Balaban J connectivity index is 1.15. The number of carbonyl (C=O) groups excluding carboxylic acids is 1. The molecule has 6 rings (SSSR count). The van der Waals surface area contributed by atoms with E-state index in [2.05, 4.69) is 20.6 Å². The van der Waals surface area contributed by atoms with Gasteiger partial charge in [-0.1, -0.05) is 23.7 Å². The van der Waals surface area contributed by atoms with Crippen LogP contribution in [0.1, 0.15) is 53.3 Å². The maximum Gasteiger partial charge on any atom is 0.337 e. The number of hydrogen-bond acceptors (Lipinski definition) is 7. The van der Waals surface area contributed by atoms with E-state index in [0.717, 1.165) is 61.1 Å². The van der Waals surface area contributed by atoms with Crippen molar-refractivity contribution in [3.63, 3.8) is 0 Å². The van der Waals surface area contributed by atoms with Crippen LogP contribution in [0, 0.1) is 11.7 Å². The summed E-state index contributed by atoms with van der Waals surface area (Å²) in [5, 5.41) is 0.343. The van der Waals surface area contributed by atoms with E-state index in [4.69, 9.17) is 30.8 Å². The molecule has 1 aliphatic heterocycles. The molecule has 0 N–H and O–H groups in total. The van der Waals surface area contributed by atoms with Crippen molar-refractivity contribution in [2.45, 2.75) is 51.4 Å². The largest absolute Gasteiger partial charge is 0.473 e. The molecule has 0 radical (unpaired) electrons. The lowest BCUT2D eigenvalue weighted by molar-refractivity contribution is -0.0590. The molecule has 1 fully saturated rings. The van der Waals surface area contributed by atoms with Gasteiger partial charge in [-0.3, -0.25) is 0 Å². The Bertz CT molecular complexity index is 1620. The van der Waals surface area contributed by atoms with Crippen molar-refractivity contribution in [3.8, 4) is 5.88 Å². The standard InChI is InChI=1S/C31H30ClFN4O4/c1-39-31(38)21-7-9-26-27(15-21)37(17-24-11-13-40-24)28(35-26)14-19-2-4-20(5-3-19)30-34-12-10-29(36-30)41-18-22-6-8-23(32)16-25(22)33/h4,6-10,12,15-16,19,24H,2-3,5,11,13-14,17-18H2,1H3/t19?,24-/m0/s1. The van der Waals surface area contributed by atoms with Crippen LogP contribution in [0.3, 0.4) is 0 Å². The molecule has 1 aliphatic carbocycles. The van der Waals surface area contributed by atoms with Crippen molar-refractivity contribution in [2.24, 2.45) is 5.92 Å². The summed E-state index contributed by atoms with van der Waals surface area (Å²) in [7, 11) is 1.39. The van der Waals surface area contributed by atoms with Gasteiger partial charge in [0, 0.05) is 35.9 Å². The zero-order chi connectivity index (χ0) is 28.3. The Morgan fingerprint density at radius 3 is 2.78 bits per heavy atom. The van der Waals surface area contributed by atoms with E-state index >= 15 is 0 Å². The Labute approximate surface area is 242 Å². The first kappa shape index (κ1) is 27.4. The highest BCUT2D eigenvalue weighted by Gasteiger charge is 2.25. The molecule has 0 saturated carbocycles. The first-order valence-electron chi connectivity index (χ1n) is 13.7. The normalized spacial score (nSPS) is 18.6. The fourth-order valence-corrected chi connectivity index (χ4v) is 5.47. The third-order valence-corrected chi connectivity index (χ3v) is 7.96. The molecular weight excluding hydrogens is 547 g/mol. The van der Waals surface area contributed by atoms with Crippen LogP contribution in [0.2, 0.25) is 5.02 Å². The van der Waals surface area contributed by atoms with Gasteiger partial charge in [-0.25, -0.2) is 19.2 Å². The van der Waals surface area contributed by atoms with Crippen LogP contribution in [0.5, 0.6) is 5.88 Å². The predicted molar refractivity (Wildman–Crippen MR) is 152 cm³/mol. The zero-order valence-corrected chi connectivity index (χ0v) is 23.4. The van der Waals surface area contributed by atoms with Crippen molar-refractivity contribution < 1.29 is 23.4 Å². The maximum atomic E-state index is 14.1. The third kappa shape index (κ3) is 6.11. The monoisotopic (exact) mass is 576 g/mol.